The molecule has 1 aliphatic rings. The summed E-state index contributed by atoms with van der Waals surface area (Å²) in [4.78, 5) is 0. The van der Waals surface area contributed by atoms with E-state index in [0.29, 0.717) is 11.1 Å². The predicted molar refractivity (Wildman–Crippen MR) is 73.7 cm³/mol. The lowest BCUT2D eigenvalue weighted by atomic mass is 10.2. The fraction of sp³-hybridized carbons (Fsp3) is 0.429. The van der Waals surface area contributed by atoms with E-state index in [1.54, 1.807) is 24.3 Å². The summed E-state index contributed by atoms with van der Waals surface area (Å²) in [6, 6.07) is 10.6. The van der Waals surface area contributed by atoms with Crippen LogP contribution in [0.1, 0.15) is 30.4 Å². The number of nitrogens with zero attached hydrogens (tertiary/aromatic N) is 3. The molecule has 0 unspecified atom stereocenters. The SMILES string of the molecule is N#CCCN(C1CC1)S(=O)(=O)Cc1ccc(C#N)cc1. The van der Waals surface area contributed by atoms with Crippen LogP contribution in [0.25, 0.3) is 0 Å². The maximum atomic E-state index is 12.4. The summed E-state index contributed by atoms with van der Waals surface area (Å²) in [6.07, 6.45) is 1.96. The predicted octanol–water partition coefficient (Wildman–Crippen LogP) is 1.77. The van der Waals surface area contributed by atoms with Crippen LogP contribution in [0.4, 0.5) is 0 Å². The van der Waals surface area contributed by atoms with Gasteiger partial charge in [-0.2, -0.15) is 14.8 Å². The Bertz CT molecular complexity index is 649. The van der Waals surface area contributed by atoms with Gasteiger partial charge in [-0.15, -0.1) is 0 Å². The van der Waals surface area contributed by atoms with Gasteiger partial charge in [-0.25, -0.2) is 8.42 Å². The molecule has 6 heteroatoms. The van der Waals surface area contributed by atoms with Crippen molar-refractivity contribution in [3.8, 4) is 12.1 Å². The van der Waals surface area contributed by atoms with Gasteiger partial charge in [0.25, 0.3) is 0 Å². The lowest BCUT2D eigenvalue weighted by Gasteiger charge is -2.20. The van der Waals surface area contributed by atoms with Gasteiger partial charge in [0.2, 0.25) is 10.0 Å². The molecule has 0 atom stereocenters. The Hall–Kier alpha value is -1.89. The maximum absolute atomic E-state index is 12.4. The number of hydrogen-bond acceptors (Lipinski definition) is 4. The Balaban J connectivity index is 2.12. The molecule has 0 heterocycles. The van der Waals surface area contributed by atoms with Crippen LogP contribution in [0.15, 0.2) is 24.3 Å². The van der Waals surface area contributed by atoms with Crippen molar-refractivity contribution in [3.63, 3.8) is 0 Å². The third kappa shape index (κ3) is 3.57. The van der Waals surface area contributed by atoms with Gasteiger partial charge in [-0.1, -0.05) is 12.1 Å². The van der Waals surface area contributed by atoms with Gasteiger partial charge in [-0.05, 0) is 30.5 Å². The molecular formula is C14H15N3O2S. The minimum Gasteiger partial charge on any atom is -0.212 e. The molecule has 0 aliphatic heterocycles. The number of nitriles is 2. The van der Waals surface area contributed by atoms with E-state index in [-0.39, 0.29) is 24.8 Å². The van der Waals surface area contributed by atoms with Crippen LogP contribution in [0.5, 0.6) is 0 Å². The van der Waals surface area contributed by atoms with Crippen molar-refractivity contribution in [1.82, 2.24) is 4.31 Å². The largest absolute Gasteiger partial charge is 0.218 e. The average molecular weight is 289 g/mol. The normalized spacial score (nSPS) is 14.8. The van der Waals surface area contributed by atoms with Crippen molar-refractivity contribution >= 4 is 10.0 Å². The lowest BCUT2D eigenvalue weighted by molar-refractivity contribution is 0.410. The van der Waals surface area contributed by atoms with Crippen molar-refractivity contribution < 1.29 is 8.42 Å². The quantitative estimate of drug-likeness (QED) is 0.798. The fourth-order valence-corrected chi connectivity index (χ4v) is 3.85. The molecule has 1 aromatic rings. The smallest absolute Gasteiger partial charge is 0.212 e. The van der Waals surface area contributed by atoms with E-state index in [1.807, 2.05) is 12.1 Å². The van der Waals surface area contributed by atoms with E-state index in [9.17, 15) is 8.42 Å². The van der Waals surface area contributed by atoms with Crippen molar-refractivity contribution in [3.05, 3.63) is 35.4 Å². The Morgan fingerprint density at radius 3 is 2.35 bits per heavy atom. The van der Waals surface area contributed by atoms with E-state index in [1.165, 1.54) is 4.31 Å². The zero-order chi connectivity index (χ0) is 14.6. The summed E-state index contributed by atoms with van der Waals surface area (Å²) in [5, 5.41) is 17.3. The van der Waals surface area contributed by atoms with E-state index in [2.05, 4.69) is 0 Å². The first kappa shape index (κ1) is 14.5. The fourth-order valence-electron chi connectivity index (χ4n) is 2.04. The summed E-state index contributed by atoms with van der Waals surface area (Å²) < 4.78 is 26.2. The summed E-state index contributed by atoms with van der Waals surface area (Å²) in [5.41, 5.74) is 1.17. The molecule has 0 aromatic heterocycles. The molecule has 20 heavy (non-hydrogen) atoms. The van der Waals surface area contributed by atoms with Gasteiger partial charge in [0.05, 0.1) is 23.5 Å². The van der Waals surface area contributed by atoms with Gasteiger partial charge in [0.15, 0.2) is 0 Å². The van der Waals surface area contributed by atoms with Crippen molar-refractivity contribution in [2.75, 3.05) is 6.54 Å². The molecule has 0 saturated heterocycles. The summed E-state index contributed by atoms with van der Waals surface area (Å²) in [5.74, 6) is -0.0827. The van der Waals surface area contributed by atoms with Gasteiger partial charge in [-0.3, -0.25) is 0 Å². The first-order valence-electron chi connectivity index (χ1n) is 6.42. The van der Waals surface area contributed by atoms with Crippen molar-refractivity contribution in [1.29, 1.82) is 10.5 Å². The van der Waals surface area contributed by atoms with Gasteiger partial charge in [0, 0.05) is 19.0 Å². The van der Waals surface area contributed by atoms with Gasteiger partial charge < -0.3 is 0 Å². The molecule has 0 amide bonds. The highest BCUT2D eigenvalue weighted by molar-refractivity contribution is 7.88. The van der Waals surface area contributed by atoms with Crippen LogP contribution in [-0.2, 0) is 15.8 Å². The lowest BCUT2D eigenvalue weighted by Crippen LogP contribution is -2.34. The van der Waals surface area contributed by atoms with E-state index >= 15 is 0 Å². The zero-order valence-electron chi connectivity index (χ0n) is 11.0. The molecular weight excluding hydrogens is 274 g/mol. The summed E-state index contributed by atoms with van der Waals surface area (Å²) in [7, 11) is -3.40. The standard InChI is InChI=1S/C14H15N3O2S/c15-8-1-9-17(14-6-7-14)20(18,19)11-13-4-2-12(10-16)3-5-13/h2-5,14H,1,6-7,9,11H2. The van der Waals surface area contributed by atoms with Crippen LogP contribution in [0, 0.1) is 22.7 Å². The molecule has 1 aromatic carbocycles. The van der Waals surface area contributed by atoms with Crippen LogP contribution in [-0.4, -0.2) is 25.3 Å². The van der Waals surface area contributed by atoms with E-state index in [4.69, 9.17) is 10.5 Å². The third-order valence-electron chi connectivity index (χ3n) is 3.19. The number of benzene rings is 1. The second-order valence-electron chi connectivity index (χ2n) is 4.81. The van der Waals surface area contributed by atoms with Gasteiger partial charge >= 0.3 is 0 Å². The highest BCUT2D eigenvalue weighted by Crippen LogP contribution is 2.30. The topological polar surface area (TPSA) is 85.0 Å². The highest BCUT2D eigenvalue weighted by Gasteiger charge is 2.36. The number of rotatable bonds is 6. The van der Waals surface area contributed by atoms with Crippen LogP contribution < -0.4 is 0 Å². The first-order valence-corrected chi connectivity index (χ1v) is 8.03. The van der Waals surface area contributed by atoms with E-state index < -0.39 is 10.0 Å². The monoisotopic (exact) mass is 289 g/mol. The van der Waals surface area contributed by atoms with Crippen LogP contribution >= 0.6 is 0 Å². The molecule has 0 bridgehead atoms. The van der Waals surface area contributed by atoms with Crippen molar-refractivity contribution in [2.24, 2.45) is 0 Å². The Labute approximate surface area is 119 Å². The van der Waals surface area contributed by atoms with Crippen molar-refractivity contribution in [2.45, 2.75) is 31.1 Å². The Morgan fingerprint density at radius 2 is 1.85 bits per heavy atom. The van der Waals surface area contributed by atoms with Crippen LogP contribution in [0.3, 0.4) is 0 Å². The minimum atomic E-state index is -3.40. The Kier molecular flexibility index (Phi) is 4.39. The molecule has 1 saturated carbocycles. The molecule has 2 rings (SSSR count). The highest BCUT2D eigenvalue weighted by atomic mass is 32.2. The first-order chi connectivity index (χ1) is 9.56. The average Bonchev–Trinajstić information content (AvgIpc) is 3.24. The van der Waals surface area contributed by atoms with Crippen LogP contribution in [0.2, 0.25) is 0 Å². The molecule has 1 fully saturated rings. The molecule has 0 N–H and O–H groups in total. The second-order valence-corrected chi connectivity index (χ2v) is 6.74. The number of sulfonamides is 1. The second kappa shape index (κ2) is 6.04. The third-order valence-corrected chi connectivity index (χ3v) is 5.08. The number of hydrogen-bond donors (Lipinski definition) is 0. The molecule has 0 spiro atoms. The minimum absolute atomic E-state index is 0.0618. The molecule has 104 valence electrons. The summed E-state index contributed by atoms with van der Waals surface area (Å²) >= 11 is 0. The molecule has 1 aliphatic carbocycles. The molecule has 0 radical (unpaired) electrons. The van der Waals surface area contributed by atoms with Gasteiger partial charge in [0.1, 0.15) is 0 Å². The zero-order valence-corrected chi connectivity index (χ0v) is 11.8. The maximum Gasteiger partial charge on any atom is 0.218 e. The molecule has 5 nitrogen and oxygen atoms in total. The Morgan fingerprint density at radius 1 is 1.20 bits per heavy atom. The van der Waals surface area contributed by atoms with E-state index in [0.717, 1.165) is 12.8 Å². The summed E-state index contributed by atoms with van der Waals surface area (Å²) in [6.45, 7) is 0.264.